The third kappa shape index (κ3) is 2.59. The summed E-state index contributed by atoms with van der Waals surface area (Å²) in [6.07, 6.45) is 0. The van der Waals surface area contributed by atoms with Gasteiger partial charge in [0.05, 0.1) is 27.4 Å². The molecule has 5 heteroatoms. The van der Waals surface area contributed by atoms with Crippen LogP contribution in [0.5, 0.6) is 17.2 Å². The van der Waals surface area contributed by atoms with E-state index in [1.807, 2.05) is 18.2 Å². The van der Waals surface area contributed by atoms with E-state index in [0.717, 1.165) is 10.4 Å². The van der Waals surface area contributed by atoms with E-state index in [4.69, 9.17) is 19.9 Å². The van der Waals surface area contributed by atoms with Crippen LogP contribution in [0.2, 0.25) is 0 Å². The molecule has 1 aromatic carbocycles. The molecular formula is C15H19NO3S. The van der Waals surface area contributed by atoms with Crippen LogP contribution in [0, 0.1) is 6.92 Å². The number of hydrogen-bond acceptors (Lipinski definition) is 5. The molecule has 0 fully saturated rings. The van der Waals surface area contributed by atoms with Crippen LogP contribution in [0.25, 0.3) is 0 Å². The Morgan fingerprint density at radius 2 is 1.65 bits per heavy atom. The number of thiophene rings is 1. The van der Waals surface area contributed by atoms with E-state index in [-0.39, 0.29) is 6.04 Å². The van der Waals surface area contributed by atoms with Crippen molar-refractivity contribution >= 4 is 11.3 Å². The fourth-order valence-electron chi connectivity index (χ4n) is 2.14. The van der Waals surface area contributed by atoms with Gasteiger partial charge in [0.1, 0.15) is 0 Å². The van der Waals surface area contributed by atoms with Crippen molar-refractivity contribution in [2.75, 3.05) is 21.3 Å². The summed E-state index contributed by atoms with van der Waals surface area (Å²) in [7, 11) is 4.79. The summed E-state index contributed by atoms with van der Waals surface area (Å²) in [4.78, 5) is 2.32. The Morgan fingerprint density at radius 1 is 0.950 bits per heavy atom. The molecule has 0 aliphatic heterocycles. The van der Waals surface area contributed by atoms with E-state index in [9.17, 15) is 0 Å². The van der Waals surface area contributed by atoms with Crippen molar-refractivity contribution in [2.24, 2.45) is 5.73 Å². The molecule has 108 valence electrons. The van der Waals surface area contributed by atoms with Crippen molar-refractivity contribution in [3.8, 4) is 17.2 Å². The minimum Gasteiger partial charge on any atom is -0.493 e. The molecule has 0 radical (unpaired) electrons. The Balaban J connectivity index is 2.51. The smallest absolute Gasteiger partial charge is 0.203 e. The lowest BCUT2D eigenvalue weighted by Gasteiger charge is -2.19. The van der Waals surface area contributed by atoms with Crippen LogP contribution in [0.15, 0.2) is 24.3 Å². The predicted octanol–water partition coefficient (Wildman–Crippen LogP) is 3.13. The number of nitrogens with two attached hydrogens (primary N) is 1. The molecular weight excluding hydrogens is 274 g/mol. The molecule has 1 atom stereocenters. The van der Waals surface area contributed by atoms with Crippen molar-refractivity contribution in [1.82, 2.24) is 0 Å². The van der Waals surface area contributed by atoms with Crippen LogP contribution in [0.3, 0.4) is 0 Å². The Hall–Kier alpha value is -1.72. The minimum atomic E-state index is -0.247. The van der Waals surface area contributed by atoms with E-state index in [1.54, 1.807) is 32.7 Å². The summed E-state index contributed by atoms with van der Waals surface area (Å²) < 4.78 is 16.1. The first-order valence-corrected chi connectivity index (χ1v) is 7.04. The normalized spacial score (nSPS) is 12.1. The maximum atomic E-state index is 6.36. The maximum Gasteiger partial charge on any atom is 0.203 e. The van der Waals surface area contributed by atoms with Crippen molar-refractivity contribution < 1.29 is 14.2 Å². The van der Waals surface area contributed by atoms with Crippen LogP contribution < -0.4 is 19.9 Å². The second-order valence-corrected chi connectivity index (χ2v) is 5.67. The highest BCUT2D eigenvalue weighted by Gasteiger charge is 2.21. The lowest BCUT2D eigenvalue weighted by molar-refractivity contribution is 0.321. The molecule has 20 heavy (non-hydrogen) atoms. The second-order valence-electron chi connectivity index (χ2n) is 4.35. The van der Waals surface area contributed by atoms with Gasteiger partial charge in [0.2, 0.25) is 5.75 Å². The lowest BCUT2D eigenvalue weighted by Crippen LogP contribution is -2.12. The SMILES string of the molecule is COc1ccc(C(N)c2ccc(C)s2)c(OC)c1OC. The zero-order chi connectivity index (χ0) is 14.7. The summed E-state index contributed by atoms with van der Waals surface area (Å²) in [6.45, 7) is 2.06. The zero-order valence-electron chi connectivity index (χ0n) is 12.1. The molecule has 0 amide bonds. The Labute approximate surface area is 123 Å². The highest BCUT2D eigenvalue weighted by atomic mass is 32.1. The molecule has 0 bridgehead atoms. The molecule has 4 nitrogen and oxygen atoms in total. The van der Waals surface area contributed by atoms with Crippen molar-refractivity contribution in [3.05, 3.63) is 39.6 Å². The van der Waals surface area contributed by atoms with Gasteiger partial charge < -0.3 is 19.9 Å². The summed E-state index contributed by atoms with van der Waals surface area (Å²) in [5, 5.41) is 0. The molecule has 0 aliphatic carbocycles. The van der Waals surface area contributed by atoms with E-state index in [0.29, 0.717) is 17.2 Å². The molecule has 0 saturated carbocycles. The molecule has 0 aliphatic rings. The van der Waals surface area contributed by atoms with Gasteiger partial charge in [-0.05, 0) is 31.2 Å². The van der Waals surface area contributed by atoms with Crippen LogP contribution in [0.1, 0.15) is 21.4 Å². The van der Waals surface area contributed by atoms with Crippen LogP contribution in [0.4, 0.5) is 0 Å². The van der Waals surface area contributed by atoms with Crippen LogP contribution in [-0.2, 0) is 0 Å². The van der Waals surface area contributed by atoms with E-state index in [1.165, 1.54) is 4.88 Å². The van der Waals surface area contributed by atoms with Gasteiger partial charge in [-0.1, -0.05) is 0 Å². The van der Waals surface area contributed by atoms with Gasteiger partial charge in [-0.2, -0.15) is 0 Å². The van der Waals surface area contributed by atoms with Gasteiger partial charge in [-0.3, -0.25) is 0 Å². The minimum absolute atomic E-state index is 0.247. The number of methoxy groups -OCH3 is 3. The molecule has 2 aromatic rings. The third-order valence-electron chi connectivity index (χ3n) is 3.14. The highest BCUT2D eigenvalue weighted by molar-refractivity contribution is 7.12. The van der Waals surface area contributed by atoms with Crippen LogP contribution in [-0.4, -0.2) is 21.3 Å². The zero-order valence-corrected chi connectivity index (χ0v) is 12.9. The Kier molecular flexibility index (Phi) is 4.52. The molecule has 0 spiro atoms. The fourth-order valence-corrected chi connectivity index (χ4v) is 3.04. The first kappa shape index (κ1) is 14.7. The molecule has 0 saturated heterocycles. The van der Waals surface area contributed by atoms with Crippen molar-refractivity contribution in [1.29, 1.82) is 0 Å². The number of aryl methyl sites for hydroxylation is 1. The number of benzene rings is 1. The summed E-state index contributed by atoms with van der Waals surface area (Å²) in [6, 6.07) is 7.62. The average molecular weight is 293 g/mol. The number of hydrogen-bond donors (Lipinski definition) is 1. The van der Waals surface area contributed by atoms with Crippen molar-refractivity contribution in [3.63, 3.8) is 0 Å². The van der Waals surface area contributed by atoms with Gasteiger partial charge in [0, 0.05) is 15.3 Å². The molecule has 1 heterocycles. The average Bonchev–Trinajstić information content (AvgIpc) is 2.91. The predicted molar refractivity (Wildman–Crippen MR) is 81.2 cm³/mol. The van der Waals surface area contributed by atoms with Gasteiger partial charge in [0.15, 0.2) is 11.5 Å². The van der Waals surface area contributed by atoms with E-state index < -0.39 is 0 Å². The highest BCUT2D eigenvalue weighted by Crippen LogP contribution is 2.43. The lowest BCUT2D eigenvalue weighted by atomic mass is 10.0. The first-order valence-electron chi connectivity index (χ1n) is 6.23. The first-order chi connectivity index (χ1) is 9.62. The van der Waals surface area contributed by atoms with Crippen molar-refractivity contribution in [2.45, 2.75) is 13.0 Å². The summed E-state index contributed by atoms with van der Waals surface area (Å²) >= 11 is 1.68. The molecule has 2 N–H and O–H groups in total. The van der Waals surface area contributed by atoms with E-state index in [2.05, 4.69) is 13.0 Å². The Morgan fingerprint density at radius 3 is 2.15 bits per heavy atom. The number of rotatable bonds is 5. The molecule has 1 aromatic heterocycles. The summed E-state index contributed by atoms with van der Waals surface area (Å²) in [5.41, 5.74) is 7.24. The quantitative estimate of drug-likeness (QED) is 0.920. The van der Waals surface area contributed by atoms with Gasteiger partial charge >= 0.3 is 0 Å². The maximum absolute atomic E-state index is 6.36. The second kappa shape index (κ2) is 6.15. The van der Waals surface area contributed by atoms with Gasteiger partial charge in [-0.15, -0.1) is 11.3 Å². The molecule has 1 unspecified atom stereocenters. The largest absolute Gasteiger partial charge is 0.493 e. The summed E-state index contributed by atoms with van der Waals surface area (Å²) in [5.74, 6) is 1.81. The standard InChI is InChI=1S/C15H19NO3S/c1-9-5-8-12(20-9)13(16)10-6-7-11(17-2)15(19-4)14(10)18-3/h5-8,13H,16H2,1-4H3. The van der Waals surface area contributed by atoms with E-state index >= 15 is 0 Å². The van der Waals surface area contributed by atoms with Gasteiger partial charge in [0.25, 0.3) is 0 Å². The van der Waals surface area contributed by atoms with Gasteiger partial charge in [-0.25, -0.2) is 0 Å². The Bertz CT molecular complexity index is 595. The number of ether oxygens (including phenoxy) is 3. The fraction of sp³-hybridized carbons (Fsp3) is 0.333. The van der Waals surface area contributed by atoms with Crippen LogP contribution >= 0.6 is 11.3 Å². The third-order valence-corrected chi connectivity index (χ3v) is 4.22. The molecule has 2 rings (SSSR count). The monoisotopic (exact) mass is 293 g/mol. The topological polar surface area (TPSA) is 53.7 Å².